The third kappa shape index (κ3) is 6.16. The fourth-order valence-corrected chi connectivity index (χ4v) is 3.05. The van der Waals surface area contributed by atoms with Crippen molar-refractivity contribution < 1.29 is 32.3 Å². The Morgan fingerprint density at radius 2 is 1.85 bits per heavy atom. The third-order valence-electron chi connectivity index (χ3n) is 2.13. The molecule has 0 saturated heterocycles. The first-order chi connectivity index (χ1) is 9.11. The van der Waals surface area contributed by atoms with E-state index in [1.54, 1.807) is 16.9 Å². The molecule has 3 N–H and O–H groups in total. The van der Waals surface area contributed by atoms with Gasteiger partial charge in [0.25, 0.3) is 0 Å². The lowest BCUT2D eigenvalue weighted by molar-refractivity contribution is -0.117. The molecule has 0 aliphatic rings. The molecule has 1 amide bonds. The van der Waals surface area contributed by atoms with E-state index in [2.05, 4.69) is 0 Å². The summed E-state index contributed by atoms with van der Waals surface area (Å²) >= 11 is 0. The molecule has 0 aliphatic heterocycles. The highest BCUT2D eigenvalue weighted by Gasteiger charge is 2.23. The Hall–Kier alpha value is -1.41. The van der Waals surface area contributed by atoms with Gasteiger partial charge < -0.3 is 14.5 Å². The van der Waals surface area contributed by atoms with Crippen LogP contribution in [0.2, 0.25) is 0 Å². The Bertz CT molecular complexity index is 620. The molecule has 0 aliphatic carbocycles. The maximum atomic E-state index is 11.6. The van der Waals surface area contributed by atoms with Gasteiger partial charge in [-0.15, -0.1) is 0 Å². The molecule has 0 radical (unpaired) electrons. The van der Waals surface area contributed by atoms with E-state index in [-0.39, 0.29) is 0 Å². The summed E-state index contributed by atoms with van der Waals surface area (Å²) in [7, 11) is -7.14. The van der Waals surface area contributed by atoms with Gasteiger partial charge in [0.15, 0.2) is 0 Å². The van der Waals surface area contributed by atoms with Crippen LogP contribution in [0.1, 0.15) is 5.56 Å². The van der Waals surface area contributed by atoms with Crippen molar-refractivity contribution in [3.63, 3.8) is 0 Å². The van der Waals surface area contributed by atoms with Crippen molar-refractivity contribution in [3.8, 4) is 5.75 Å². The van der Waals surface area contributed by atoms with E-state index < -0.39 is 35.4 Å². The topological polar surface area (TPSA) is 130 Å². The zero-order valence-electron chi connectivity index (χ0n) is 10.5. The smallest absolute Gasteiger partial charge is 0.334 e. The zero-order valence-corrected chi connectivity index (χ0v) is 12.2. The highest BCUT2D eigenvalue weighted by Crippen LogP contribution is 2.33. The summed E-state index contributed by atoms with van der Waals surface area (Å²) in [6, 6.07) is 6.13. The van der Waals surface area contributed by atoms with Crippen LogP contribution in [0.3, 0.4) is 0 Å². The van der Waals surface area contributed by atoms with E-state index in [9.17, 15) is 17.8 Å². The largest absolute Gasteiger partial charge is 0.497 e. The number of amides is 1. The molecule has 8 nitrogen and oxygen atoms in total. The normalized spacial score (nSPS) is 11.9. The lowest BCUT2D eigenvalue weighted by Gasteiger charge is -2.08. The van der Waals surface area contributed by atoms with Gasteiger partial charge in [-0.05, 0) is 17.7 Å². The average molecular weight is 323 g/mol. The van der Waals surface area contributed by atoms with E-state index in [1.807, 2.05) is 0 Å². The molecule has 0 saturated carbocycles. The van der Waals surface area contributed by atoms with Crippen LogP contribution in [0, 0.1) is 0 Å². The number of carbonyl (C=O) groups is 1. The van der Waals surface area contributed by atoms with Gasteiger partial charge in [-0.3, -0.25) is 14.1 Å². The van der Waals surface area contributed by atoms with Gasteiger partial charge in [0, 0.05) is 0 Å². The molecule has 0 bridgehead atoms. The van der Waals surface area contributed by atoms with Gasteiger partial charge in [-0.25, -0.2) is 8.42 Å². The minimum Gasteiger partial charge on any atom is -0.497 e. The Morgan fingerprint density at radius 1 is 1.30 bits per heavy atom. The monoisotopic (exact) mass is 323 g/mol. The molecule has 0 heterocycles. The van der Waals surface area contributed by atoms with Crippen LogP contribution in [-0.4, -0.2) is 37.4 Å². The third-order valence-corrected chi connectivity index (χ3v) is 4.09. The van der Waals surface area contributed by atoms with E-state index in [0.29, 0.717) is 11.3 Å². The Balaban J connectivity index is 2.69. The summed E-state index contributed by atoms with van der Waals surface area (Å²) in [4.78, 5) is 28.3. The zero-order chi connectivity index (χ0) is 15.4. The fourth-order valence-electron chi connectivity index (χ4n) is 1.37. The van der Waals surface area contributed by atoms with Gasteiger partial charge in [-0.2, -0.15) is 0 Å². The molecule has 1 rings (SSSR count). The molecule has 10 heteroatoms. The lowest BCUT2D eigenvalue weighted by atomic mass is 10.2. The van der Waals surface area contributed by atoms with Crippen molar-refractivity contribution in [3.05, 3.63) is 29.8 Å². The summed E-state index contributed by atoms with van der Waals surface area (Å²) < 4.78 is 40.4. The molecular formula is C10H14NO7PS. The quantitative estimate of drug-likeness (QED) is 0.619. The van der Waals surface area contributed by atoms with E-state index in [4.69, 9.17) is 14.5 Å². The van der Waals surface area contributed by atoms with Crippen molar-refractivity contribution in [2.45, 2.75) is 5.75 Å². The van der Waals surface area contributed by atoms with Gasteiger partial charge in [0.1, 0.15) is 11.9 Å². The molecule has 0 aromatic heterocycles. The average Bonchev–Trinajstić information content (AvgIpc) is 2.25. The number of benzene rings is 1. The maximum absolute atomic E-state index is 11.6. The first-order valence-corrected chi connectivity index (χ1v) is 8.77. The van der Waals surface area contributed by atoms with Crippen molar-refractivity contribution >= 4 is 23.5 Å². The molecule has 0 unspecified atom stereocenters. The second-order valence-corrected chi connectivity index (χ2v) is 7.32. The number of nitrogens with one attached hydrogen (secondary N) is 1. The van der Waals surface area contributed by atoms with Crippen molar-refractivity contribution in [2.24, 2.45) is 0 Å². The summed E-state index contributed by atoms with van der Waals surface area (Å²) in [6.07, 6.45) is -1.17. The summed E-state index contributed by atoms with van der Waals surface area (Å²) in [6.45, 7) is 0. The highest BCUT2D eigenvalue weighted by molar-refractivity contribution is 7.89. The van der Waals surface area contributed by atoms with Crippen molar-refractivity contribution in [1.82, 2.24) is 4.72 Å². The van der Waals surface area contributed by atoms with Crippen LogP contribution in [0.5, 0.6) is 5.75 Å². The number of rotatable bonds is 6. The minimum atomic E-state index is -4.59. The Morgan fingerprint density at radius 3 is 2.30 bits per heavy atom. The first-order valence-electron chi connectivity index (χ1n) is 5.32. The van der Waals surface area contributed by atoms with Gasteiger partial charge in [-0.1, -0.05) is 12.1 Å². The lowest BCUT2D eigenvalue weighted by Crippen LogP contribution is -2.33. The molecule has 20 heavy (non-hydrogen) atoms. The van der Waals surface area contributed by atoms with Crippen molar-refractivity contribution in [1.29, 1.82) is 0 Å². The molecule has 0 spiro atoms. The van der Waals surface area contributed by atoms with Gasteiger partial charge >= 0.3 is 7.60 Å². The highest BCUT2D eigenvalue weighted by atomic mass is 32.2. The van der Waals surface area contributed by atoms with Crippen LogP contribution in [0.4, 0.5) is 0 Å². The Kier molecular flexibility index (Phi) is 5.29. The second-order valence-electron chi connectivity index (χ2n) is 3.96. The number of sulfonamides is 1. The van der Waals surface area contributed by atoms with Gasteiger partial charge in [0.2, 0.25) is 15.9 Å². The predicted octanol–water partition coefficient (Wildman–Crippen LogP) is -0.181. The van der Waals surface area contributed by atoms with Crippen LogP contribution < -0.4 is 9.46 Å². The molecule has 1 aromatic carbocycles. The summed E-state index contributed by atoms with van der Waals surface area (Å²) in [5, 5.41) is 0. The maximum Gasteiger partial charge on any atom is 0.334 e. The standard InChI is InChI=1S/C10H14NO7PS/c1-18-9-4-2-8(3-5-9)7-20(16,17)11-10(12)6-19(13,14)15/h2-5H,6-7H2,1H3,(H,11,12)(H2,13,14,15). The Labute approximate surface area is 116 Å². The predicted molar refractivity (Wildman–Crippen MR) is 70.7 cm³/mol. The fraction of sp³-hybridized carbons (Fsp3) is 0.300. The summed E-state index contributed by atoms with van der Waals surface area (Å²) in [5.74, 6) is -1.17. The van der Waals surface area contributed by atoms with Crippen LogP contribution in [0.25, 0.3) is 0 Å². The number of hydrogen-bond donors (Lipinski definition) is 3. The van der Waals surface area contributed by atoms with Crippen LogP contribution in [-0.2, 0) is 25.1 Å². The van der Waals surface area contributed by atoms with E-state index >= 15 is 0 Å². The number of hydrogen-bond acceptors (Lipinski definition) is 5. The molecule has 0 fully saturated rings. The van der Waals surface area contributed by atoms with Crippen LogP contribution in [0.15, 0.2) is 24.3 Å². The first kappa shape index (κ1) is 16.6. The van der Waals surface area contributed by atoms with Crippen molar-refractivity contribution in [2.75, 3.05) is 13.3 Å². The number of methoxy groups -OCH3 is 1. The number of ether oxygens (including phenoxy) is 1. The van der Waals surface area contributed by atoms with Crippen LogP contribution >= 0.6 is 7.60 Å². The minimum absolute atomic E-state index is 0.405. The summed E-state index contributed by atoms with van der Waals surface area (Å²) in [5.41, 5.74) is 0.405. The van der Waals surface area contributed by atoms with Gasteiger partial charge in [0.05, 0.1) is 12.9 Å². The SMILES string of the molecule is COc1ccc(CS(=O)(=O)NC(=O)CP(=O)(O)O)cc1. The van der Waals surface area contributed by atoms with E-state index in [0.717, 1.165) is 0 Å². The molecule has 112 valence electrons. The number of carbonyl (C=O) groups excluding carboxylic acids is 1. The molecular weight excluding hydrogens is 309 g/mol. The second kappa shape index (κ2) is 6.36. The molecule has 1 aromatic rings. The molecule has 0 atom stereocenters. The van der Waals surface area contributed by atoms with E-state index in [1.165, 1.54) is 19.2 Å².